The van der Waals surface area contributed by atoms with Crippen LogP contribution in [0, 0.1) is 5.41 Å². The number of benzene rings is 1. The van der Waals surface area contributed by atoms with Crippen LogP contribution in [0.2, 0.25) is 0 Å². The number of hydrogen-bond donors (Lipinski definition) is 1. The molecule has 24 heavy (non-hydrogen) atoms. The minimum absolute atomic E-state index is 0.0376. The van der Waals surface area contributed by atoms with E-state index >= 15 is 0 Å². The maximum Gasteiger partial charge on any atom is 0.240 e. The number of nitrogens with zero attached hydrogens (tertiary/aromatic N) is 1. The first-order chi connectivity index (χ1) is 11.6. The Bertz CT molecular complexity index is 634. The van der Waals surface area contributed by atoms with Crippen molar-refractivity contribution in [3.05, 3.63) is 18.2 Å². The molecule has 0 spiro atoms. The van der Waals surface area contributed by atoms with Crippen LogP contribution in [0.5, 0.6) is 11.5 Å². The summed E-state index contributed by atoms with van der Waals surface area (Å²) in [5, 5.41) is 2.87. The molecule has 0 atom stereocenters. The Labute approximate surface area is 142 Å². The third-order valence-corrected chi connectivity index (χ3v) is 4.50. The topological polar surface area (TPSA) is 67.9 Å². The van der Waals surface area contributed by atoms with Gasteiger partial charge < -0.3 is 19.7 Å². The quantitative estimate of drug-likeness (QED) is 0.780. The summed E-state index contributed by atoms with van der Waals surface area (Å²) in [5.41, 5.74) is -0.262. The molecule has 0 saturated heterocycles. The van der Waals surface area contributed by atoms with Gasteiger partial charge in [0.15, 0.2) is 11.5 Å². The van der Waals surface area contributed by atoms with Crippen molar-refractivity contribution in [3.63, 3.8) is 0 Å². The SMILES string of the molecule is CCCN(CCC)C(=O)C1(C(=O)Nc2ccc3c(c2)OCO3)CC1. The van der Waals surface area contributed by atoms with Gasteiger partial charge in [0.1, 0.15) is 5.41 Å². The molecule has 0 bridgehead atoms. The van der Waals surface area contributed by atoms with E-state index in [1.807, 2.05) is 18.7 Å². The van der Waals surface area contributed by atoms with Gasteiger partial charge in [-0.15, -0.1) is 0 Å². The third kappa shape index (κ3) is 3.05. The molecule has 6 nitrogen and oxygen atoms in total. The number of fused-ring (bicyclic) bond motifs is 1. The molecule has 1 fully saturated rings. The normalized spacial score (nSPS) is 16.6. The monoisotopic (exact) mass is 332 g/mol. The number of carbonyl (C=O) groups is 2. The fourth-order valence-electron chi connectivity index (χ4n) is 3.05. The van der Waals surface area contributed by atoms with E-state index in [1.165, 1.54) is 0 Å². The van der Waals surface area contributed by atoms with Crippen molar-refractivity contribution < 1.29 is 19.1 Å². The maximum absolute atomic E-state index is 12.8. The maximum atomic E-state index is 12.8. The molecule has 1 aliphatic carbocycles. The third-order valence-electron chi connectivity index (χ3n) is 4.50. The van der Waals surface area contributed by atoms with Crippen molar-refractivity contribution >= 4 is 17.5 Å². The lowest BCUT2D eigenvalue weighted by Crippen LogP contribution is -2.43. The summed E-state index contributed by atoms with van der Waals surface area (Å²) in [7, 11) is 0. The van der Waals surface area contributed by atoms with E-state index in [0.29, 0.717) is 43.1 Å². The molecule has 1 aliphatic heterocycles. The summed E-state index contributed by atoms with van der Waals surface area (Å²) in [6.45, 7) is 5.68. The molecule has 0 aromatic heterocycles. The van der Waals surface area contributed by atoms with Crippen molar-refractivity contribution in [2.75, 3.05) is 25.2 Å². The number of rotatable bonds is 7. The summed E-state index contributed by atoms with van der Waals surface area (Å²) < 4.78 is 10.6. The molecule has 1 aromatic carbocycles. The Kier molecular flexibility index (Phi) is 4.64. The zero-order chi connectivity index (χ0) is 17.2. The second kappa shape index (κ2) is 6.71. The molecular weight excluding hydrogens is 308 g/mol. The lowest BCUT2D eigenvalue weighted by atomic mass is 10.0. The molecule has 1 aromatic rings. The van der Waals surface area contributed by atoms with E-state index in [9.17, 15) is 9.59 Å². The summed E-state index contributed by atoms with van der Waals surface area (Å²) in [6, 6.07) is 5.26. The second-order valence-corrected chi connectivity index (χ2v) is 6.40. The molecule has 1 heterocycles. The van der Waals surface area contributed by atoms with Crippen LogP contribution in [-0.2, 0) is 9.59 Å². The zero-order valence-corrected chi connectivity index (χ0v) is 14.3. The highest BCUT2D eigenvalue weighted by Crippen LogP contribution is 2.48. The van der Waals surface area contributed by atoms with Gasteiger partial charge in [-0.25, -0.2) is 0 Å². The Balaban J connectivity index is 1.70. The molecule has 130 valence electrons. The molecular formula is C18H24N2O4. The summed E-state index contributed by atoms with van der Waals surface area (Å²) in [4.78, 5) is 27.4. The average molecular weight is 332 g/mol. The van der Waals surface area contributed by atoms with Crippen molar-refractivity contribution in [2.45, 2.75) is 39.5 Å². The molecule has 2 amide bonds. The van der Waals surface area contributed by atoms with E-state index in [-0.39, 0.29) is 18.6 Å². The first kappa shape index (κ1) is 16.6. The lowest BCUT2D eigenvalue weighted by molar-refractivity contribution is -0.142. The highest BCUT2D eigenvalue weighted by molar-refractivity contribution is 6.13. The van der Waals surface area contributed by atoms with Crippen LogP contribution < -0.4 is 14.8 Å². The van der Waals surface area contributed by atoms with Crippen LogP contribution in [0.4, 0.5) is 5.69 Å². The smallest absolute Gasteiger partial charge is 0.240 e. The number of ether oxygens (including phenoxy) is 2. The van der Waals surface area contributed by atoms with Crippen molar-refractivity contribution in [1.29, 1.82) is 0 Å². The van der Waals surface area contributed by atoms with Crippen LogP contribution in [-0.4, -0.2) is 36.6 Å². The highest BCUT2D eigenvalue weighted by atomic mass is 16.7. The van der Waals surface area contributed by atoms with Crippen molar-refractivity contribution in [2.24, 2.45) is 5.41 Å². The Morgan fingerprint density at radius 1 is 1.12 bits per heavy atom. The minimum Gasteiger partial charge on any atom is -0.454 e. The Morgan fingerprint density at radius 2 is 1.79 bits per heavy atom. The van der Waals surface area contributed by atoms with Gasteiger partial charge in [-0.3, -0.25) is 9.59 Å². The lowest BCUT2D eigenvalue weighted by Gasteiger charge is -2.26. The largest absolute Gasteiger partial charge is 0.454 e. The number of amides is 2. The summed E-state index contributed by atoms with van der Waals surface area (Å²) in [6.07, 6.45) is 3.02. The van der Waals surface area contributed by atoms with Gasteiger partial charge in [0.2, 0.25) is 18.6 Å². The predicted molar refractivity (Wildman–Crippen MR) is 90.0 cm³/mol. The Hall–Kier alpha value is -2.24. The highest BCUT2D eigenvalue weighted by Gasteiger charge is 2.57. The van der Waals surface area contributed by atoms with E-state index in [4.69, 9.17) is 9.47 Å². The van der Waals surface area contributed by atoms with Crippen molar-refractivity contribution in [1.82, 2.24) is 4.90 Å². The fourth-order valence-corrected chi connectivity index (χ4v) is 3.05. The van der Waals surface area contributed by atoms with Gasteiger partial charge in [-0.2, -0.15) is 0 Å². The molecule has 3 rings (SSSR count). The van der Waals surface area contributed by atoms with Gasteiger partial charge in [-0.05, 0) is 37.8 Å². The summed E-state index contributed by atoms with van der Waals surface area (Å²) in [5.74, 6) is 1.03. The number of anilines is 1. The van der Waals surface area contributed by atoms with Gasteiger partial charge >= 0.3 is 0 Å². The van der Waals surface area contributed by atoms with Crippen LogP contribution in [0.25, 0.3) is 0 Å². The number of hydrogen-bond acceptors (Lipinski definition) is 4. The number of carbonyl (C=O) groups excluding carboxylic acids is 2. The molecule has 0 unspecified atom stereocenters. The van der Waals surface area contributed by atoms with Gasteiger partial charge in [0.05, 0.1) is 0 Å². The van der Waals surface area contributed by atoms with Gasteiger partial charge in [0, 0.05) is 24.8 Å². The zero-order valence-electron chi connectivity index (χ0n) is 14.3. The van der Waals surface area contributed by atoms with Crippen molar-refractivity contribution in [3.8, 4) is 11.5 Å². The van der Waals surface area contributed by atoms with Crippen LogP contribution in [0.15, 0.2) is 18.2 Å². The second-order valence-electron chi connectivity index (χ2n) is 6.40. The van der Waals surface area contributed by atoms with E-state index < -0.39 is 5.41 Å². The first-order valence-corrected chi connectivity index (χ1v) is 8.61. The predicted octanol–water partition coefficient (Wildman–Crippen LogP) is 2.78. The van der Waals surface area contributed by atoms with E-state index in [0.717, 1.165) is 12.8 Å². The molecule has 1 saturated carbocycles. The van der Waals surface area contributed by atoms with Gasteiger partial charge in [0.25, 0.3) is 0 Å². The fraction of sp³-hybridized carbons (Fsp3) is 0.556. The summed E-state index contributed by atoms with van der Waals surface area (Å²) >= 11 is 0. The van der Waals surface area contributed by atoms with Gasteiger partial charge in [-0.1, -0.05) is 13.8 Å². The van der Waals surface area contributed by atoms with E-state index in [2.05, 4.69) is 5.32 Å². The average Bonchev–Trinajstić information content (AvgIpc) is 3.26. The minimum atomic E-state index is -0.888. The molecule has 1 N–H and O–H groups in total. The number of nitrogens with one attached hydrogen (secondary N) is 1. The van der Waals surface area contributed by atoms with Crippen LogP contribution in [0.1, 0.15) is 39.5 Å². The molecule has 2 aliphatic rings. The Morgan fingerprint density at radius 3 is 2.42 bits per heavy atom. The first-order valence-electron chi connectivity index (χ1n) is 8.61. The molecule has 0 radical (unpaired) electrons. The standard InChI is InChI=1S/C18H24N2O4/c1-3-9-20(10-4-2)17(22)18(7-8-18)16(21)19-13-5-6-14-15(11-13)24-12-23-14/h5-6,11H,3-4,7-10,12H2,1-2H3,(H,19,21). The van der Waals surface area contributed by atoms with Crippen LogP contribution in [0.3, 0.4) is 0 Å². The van der Waals surface area contributed by atoms with E-state index in [1.54, 1.807) is 18.2 Å². The molecule has 6 heteroatoms. The van der Waals surface area contributed by atoms with Crippen LogP contribution >= 0.6 is 0 Å².